The number of hydrogen-bond donors (Lipinski definition) is 0. The number of fused-ring (bicyclic) bond motifs is 3. The summed E-state index contributed by atoms with van der Waals surface area (Å²) in [6, 6.07) is 10.1. The van der Waals surface area contributed by atoms with Gasteiger partial charge in [0.1, 0.15) is 5.15 Å². The summed E-state index contributed by atoms with van der Waals surface area (Å²) in [5, 5.41) is 0.404. The summed E-state index contributed by atoms with van der Waals surface area (Å²) in [5.41, 5.74) is 4.17. The number of pyridine rings is 1. The molecule has 0 spiro atoms. The third-order valence-corrected chi connectivity index (χ3v) is 5.37. The highest BCUT2D eigenvalue weighted by atomic mass is 35.5. The number of hydrogen-bond acceptors (Lipinski definition) is 3. The van der Waals surface area contributed by atoms with Crippen LogP contribution < -0.4 is 4.90 Å². The Morgan fingerprint density at radius 2 is 2.12 bits per heavy atom. The van der Waals surface area contributed by atoms with Crippen LogP contribution in [0.1, 0.15) is 33.8 Å². The van der Waals surface area contributed by atoms with E-state index in [1.165, 1.54) is 11.1 Å². The Bertz CT molecular complexity index is 790. The summed E-state index contributed by atoms with van der Waals surface area (Å²) in [5.74, 6) is 0.393. The van der Waals surface area contributed by atoms with E-state index in [2.05, 4.69) is 42.1 Å². The van der Waals surface area contributed by atoms with Crippen molar-refractivity contribution >= 4 is 23.2 Å². The fourth-order valence-electron chi connectivity index (χ4n) is 3.99. The smallest absolute Gasteiger partial charge is 0.260 e. The molecule has 0 radical (unpaired) electrons. The van der Waals surface area contributed by atoms with Crippen LogP contribution in [0.2, 0.25) is 5.15 Å². The molecule has 1 saturated heterocycles. The Morgan fingerprint density at radius 3 is 2.88 bits per heavy atom. The van der Waals surface area contributed by atoms with Crippen LogP contribution in [0.5, 0.6) is 0 Å². The van der Waals surface area contributed by atoms with Gasteiger partial charge in [-0.2, -0.15) is 0 Å². The molecule has 2 atom stereocenters. The van der Waals surface area contributed by atoms with Crippen LogP contribution in [-0.2, 0) is 0 Å². The summed E-state index contributed by atoms with van der Waals surface area (Å²) in [6.07, 6.45) is 2.56. The molecule has 24 heavy (non-hydrogen) atoms. The third kappa shape index (κ3) is 2.50. The Morgan fingerprint density at radius 1 is 1.29 bits per heavy atom. The van der Waals surface area contributed by atoms with Crippen LogP contribution >= 0.6 is 11.6 Å². The van der Waals surface area contributed by atoms with Crippen LogP contribution in [0.25, 0.3) is 0 Å². The number of halogens is 1. The van der Waals surface area contributed by atoms with Gasteiger partial charge in [0.2, 0.25) is 0 Å². The van der Waals surface area contributed by atoms with E-state index in [4.69, 9.17) is 11.6 Å². The molecule has 124 valence electrons. The maximum atomic E-state index is 13.2. The van der Waals surface area contributed by atoms with Crippen molar-refractivity contribution in [2.45, 2.75) is 25.3 Å². The monoisotopic (exact) mass is 341 g/mol. The second-order valence-electron chi connectivity index (χ2n) is 6.83. The number of aromatic nitrogens is 1. The maximum absolute atomic E-state index is 13.2. The van der Waals surface area contributed by atoms with E-state index in [1.807, 2.05) is 4.90 Å². The van der Waals surface area contributed by atoms with E-state index < -0.39 is 0 Å². The minimum atomic E-state index is 0.0151. The molecule has 4 nitrogen and oxygen atoms in total. The summed E-state index contributed by atoms with van der Waals surface area (Å²) in [4.78, 5) is 21.6. The average Bonchev–Trinajstić information content (AvgIpc) is 2.88. The van der Waals surface area contributed by atoms with Gasteiger partial charge in [0.05, 0.1) is 5.56 Å². The number of amides is 1. The molecule has 0 bridgehead atoms. The van der Waals surface area contributed by atoms with E-state index in [0.29, 0.717) is 16.6 Å². The van der Waals surface area contributed by atoms with Crippen LogP contribution in [0.4, 0.5) is 5.69 Å². The van der Waals surface area contributed by atoms with Crippen molar-refractivity contribution in [2.24, 2.45) is 0 Å². The first-order valence-corrected chi connectivity index (χ1v) is 8.66. The molecule has 2 aliphatic rings. The summed E-state index contributed by atoms with van der Waals surface area (Å²) >= 11 is 5.86. The van der Waals surface area contributed by atoms with Crippen molar-refractivity contribution in [1.29, 1.82) is 0 Å². The minimum absolute atomic E-state index is 0.0151. The zero-order valence-corrected chi connectivity index (χ0v) is 14.6. The first kappa shape index (κ1) is 15.6. The maximum Gasteiger partial charge on any atom is 0.260 e. The molecule has 1 amide bonds. The molecule has 1 aromatic carbocycles. The van der Waals surface area contributed by atoms with Gasteiger partial charge in [-0.25, -0.2) is 4.98 Å². The van der Waals surface area contributed by atoms with Crippen LogP contribution in [0.15, 0.2) is 36.5 Å². The van der Waals surface area contributed by atoms with Gasteiger partial charge in [0, 0.05) is 30.4 Å². The van der Waals surface area contributed by atoms with Crippen LogP contribution in [0.3, 0.4) is 0 Å². The zero-order chi connectivity index (χ0) is 16.8. The standard InChI is InChI=1S/C19H20ClN3O/c1-12-3-5-16-14(9-12)15-11-22(2)8-7-17(15)23(16)19(24)13-4-6-18(20)21-10-13/h3-6,9-10,15,17H,7-8,11H2,1-2H3/t15-,17-/m0/s1. The van der Waals surface area contributed by atoms with Crippen molar-refractivity contribution in [3.63, 3.8) is 0 Å². The van der Waals surface area contributed by atoms with E-state index in [-0.39, 0.29) is 11.9 Å². The number of anilines is 1. The molecule has 0 unspecified atom stereocenters. The molecule has 4 rings (SSSR count). The van der Waals surface area contributed by atoms with E-state index >= 15 is 0 Å². The van der Waals surface area contributed by atoms with Crippen molar-refractivity contribution in [2.75, 3.05) is 25.0 Å². The number of aryl methyl sites for hydroxylation is 1. The van der Waals surface area contributed by atoms with E-state index in [1.54, 1.807) is 18.3 Å². The first-order valence-electron chi connectivity index (χ1n) is 8.29. The lowest BCUT2D eigenvalue weighted by molar-refractivity contribution is 0.0964. The van der Waals surface area contributed by atoms with Gasteiger partial charge in [-0.1, -0.05) is 29.3 Å². The average molecular weight is 342 g/mol. The number of carbonyl (C=O) groups is 1. The van der Waals surface area contributed by atoms with Gasteiger partial charge in [-0.3, -0.25) is 4.79 Å². The molecule has 0 saturated carbocycles. The van der Waals surface area contributed by atoms with E-state index in [9.17, 15) is 4.79 Å². The Labute approximate surface area is 147 Å². The van der Waals surface area contributed by atoms with Gasteiger partial charge in [-0.05, 0) is 50.7 Å². The SMILES string of the molecule is Cc1ccc2c(c1)[C@@H]1CN(C)CC[C@@H]1N2C(=O)c1ccc(Cl)nc1. The predicted octanol–water partition coefficient (Wildman–Crippen LogP) is 3.49. The highest BCUT2D eigenvalue weighted by molar-refractivity contribution is 6.29. The lowest BCUT2D eigenvalue weighted by Crippen LogP contribution is -2.47. The number of benzene rings is 1. The molecular formula is C19H20ClN3O. The molecule has 1 fully saturated rings. The fourth-order valence-corrected chi connectivity index (χ4v) is 4.10. The number of likely N-dealkylation sites (tertiary alicyclic amines) is 1. The summed E-state index contributed by atoms with van der Waals surface area (Å²) in [7, 11) is 2.15. The van der Waals surface area contributed by atoms with Gasteiger partial charge < -0.3 is 9.80 Å². The highest BCUT2D eigenvalue weighted by Gasteiger charge is 2.44. The topological polar surface area (TPSA) is 36.4 Å². The first-order chi connectivity index (χ1) is 11.5. The molecule has 0 aliphatic carbocycles. The van der Waals surface area contributed by atoms with Crippen LogP contribution in [0, 0.1) is 6.92 Å². The van der Waals surface area contributed by atoms with Gasteiger partial charge in [-0.15, -0.1) is 0 Å². The quantitative estimate of drug-likeness (QED) is 0.745. The van der Waals surface area contributed by atoms with Crippen molar-refractivity contribution in [3.05, 3.63) is 58.4 Å². The lowest BCUT2D eigenvalue weighted by Gasteiger charge is -2.36. The summed E-state index contributed by atoms with van der Waals surface area (Å²) < 4.78 is 0. The van der Waals surface area contributed by atoms with Crippen LogP contribution in [-0.4, -0.2) is 42.0 Å². The normalized spacial score (nSPS) is 23.0. The number of nitrogens with zero attached hydrogens (tertiary/aromatic N) is 3. The van der Waals surface area contributed by atoms with Gasteiger partial charge >= 0.3 is 0 Å². The molecule has 1 aromatic heterocycles. The summed E-state index contributed by atoms with van der Waals surface area (Å²) in [6.45, 7) is 4.11. The Balaban J connectivity index is 1.77. The highest BCUT2D eigenvalue weighted by Crippen LogP contribution is 2.45. The molecular weight excluding hydrogens is 322 g/mol. The molecule has 3 heterocycles. The largest absolute Gasteiger partial charge is 0.306 e. The number of carbonyl (C=O) groups excluding carboxylic acids is 1. The van der Waals surface area contributed by atoms with Gasteiger partial charge in [0.15, 0.2) is 0 Å². The lowest BCUT2D eigenvalue weighted by atomic mass is 9.89. The number of likely N-dealkylation sites (N-methyl/N-ethyl adjacent to an activating group) is 1. The Hall–Kier alpha value is -1.91. The zero-order valence-electron chi connectivity index (χ0n) is 13.9. The number of rotatable bonds is 1. The minimum Gasteiger partial charge on any atom is -0.306 e. The number of piperidine rings is 1. The van der Waals surface area contributed by atoms with Crippen molar-refractivity contribution < 1.29 is 4.79 Å². The van der Waals surface area contributed by atoms with E-state index in [0.717, 1.165) is 25.2 Å². The Kier molecular flexibility index (Phi) is 3.82. The second-order valence-corrected chi connectivity index (χ2v) is 7.22. The molecule has 2 aliphatic heterocycles. The second kappa shape index (κ2) is 5.87. The molecule has 5 heteroatoms. The predicted molar refractivity (Wildman–Crippen MR) is 95.9 cm³/mol. The molecule has 2 aromatic rings. The third-order valence-electron chi connectivity index (χ3n) is 5.15. The van der Waals surface area contributed by atoms with Crippen molar-refractivity contribution in [1.82, 2.24) is 9.88 Å². The van der Waals surface area contributed by atoms with Gasteiger partial charge in [0.25, 0.3) is 5.91 Å². The fraction of sp³-hybridized carbons (Fsp3) is 0.368. The van der Waals surface area contributed by atoms with Crippen molar-refractivity contribution in [3.8, 4) is 0 Å². The molecule has 0 N–H and O–H groups in total.